The van der Waals surface area contributed by atoms with E-state index in [1.165, 1.54) is 0 Å². The highest BCUT2D eigenvalue weighted by atomic mass is 79.9. The van der Waals surface area contributed by atoms with Gasteiger partial charge in [-0.3, -0.25) is 0 Å². The van der Waals surface area contributed by atoms with Crippen molar-refractivity contribution in [2.24, 2.45) is 5.73 Å². The molecule has 2 aromatic carbocycles. The minimum atomic E-state index is -1.22. The third kappa shape index (κ3) is 3.32. The van der Waals surface area contributed by atoms with Crippen LogP contribution in [-0.4, -0.2) is 6.54 Å². The summed E-state index contributed by atoms with van der Waals surface area (Å²) in [6, 6.07) is 7.85. The molecular formula is C14H12BrF3N2. The second kappa shape index (κ2) is 6.28. The first-order valence-corrected chi connectivity index (χ1v) is 6.67. The van der Waals surface area contributed by atoms with Gasteiger partial charge >= 0.3 is 0 Å². The minimum Gasteiger partial charge on any atom is -0.377 e. The van der Waals surface area contributed by atoms with Gasteiger partial charge in [0, 0.05) is 28.3 Å². The maximum Gasteiger partial charge on any atom is 0.161 e. The second-order valence-electron chi connectivity index (χ2n) is 4.23. The summed E-state index contributed by atoms with van der Waals surface area (Å²) in [5.74, 6) is -3.15. The molecule has 1 atom stereocenters. The zero-order valence-corrected chi connectivity index (χ0v) is 11.9. The van der Waals surface area contributed by atoms with Crippen LogP contribution >= 0.6 is 15.9 Å². The largest absolute Gasteiger partial charge is 0.377 e. The lowest BCUT2D eigenvalue weighted by atomic mass is 10.1. The first-order valence-electron chi connectivity index (χ1n) is 5.88. The van der Waals surface area contributed by atoms with E-state index in [-0.39, 0.29) is 12.1 Å². The molecule has 0 radical (unpaired) electrons. The van der Waals surface area contributed by atoms with Crippen molar-refractivity contribution in [2.45, 2.75) is 6.04 Å². The summed E-state index contributed by atoms with van der Waals surface area (Å²) in [7, 11) is 0. The first kappa shape index (κ1) is 14.9. The maximum atomic E-state index is 13.7. The quantitative estimate of drug-likeness (QED) is 0.823. The smallest absolute Gasteiger partial charge is 0.161 e. The van der Waals surface area contributed by atoms with Crippen molar-refractivity contribution in [2.75, 3.05) is 11.9 Å². The number of benzene rings is 2. The van der Waals surface area contributed by atoms with Gasteiger partial charge in [0.2, 0.25) is 0 Å². The Labute approximate surface area is 122 Å². The maximum absolute atomic E-state index is 13.7. The van der Waals surface area contributed by atoms with E-state index in [1.54, 1.807) is 24.3 Å². The normalized spacial score (nSPS) is 12.2. The number of hydrogen-bond acceptors (Lipinski definition) is 2. The Hall–Kier alpha value is -1.53. The van der Waals surface area contributed by atoms with Crippen LogP contribution in [0.15, 0.2) is 40.9 Å². The summed E-state index contributed by atoms with van der Waals surface area (Å²) in [5.41, 5.74) is 6.28. The topological polar surface area (TPSA) is 38.0 Å². The molecule has 6 heteroatoms. The average Bonchev–Trinajstić information content (AvgIpc) is 2.43. The third-order valence-corrected chi connectivity index (χ3v) is 3.36. The number of nitrogens with two attached hydrogens (primary N) is 1. The fourth-order valence-electron chi connectivity index (χ4n) is 1.82. The predicted molar refractivity (Wildman–Crippen MR) is 75.9 cm³/mol. The lowest BCUT2D eigenvalue weighted by Gasteiger charge is -2.19. The summed E-state index contributed by atoms with van der Waals surface area (Å²) in [5, 5.41) is 2.98. The molecule has 0 aliphatic rings. The summed E-state index contributed by atoms with van der Waals surface area (Å²) < 4.78 is 40.8. The molecule has 0 bridgehead atoms. The number of nitrogens with one attached hydrogen (secondary N) is 1. The van der Waals surface area contributed by atoms with E-state index >= 15 is 0 Å². The van der Waals surface area contributed by atoms with Crippen molar-refractivity contribution in [3.8, 4) is 0 Å². The Bertz CT molecular complexity index is 602. The van der Waals surface area contributed by atoms with E-state index in [9.17, 15) is 13.2 Å². The molecule has 2 aromatic rings. The van der Waals surface area contributed by atoms with Gasteiger partial charge in [-0.15, -0.1) is 0 Å². The highest BCUT2D eigenvalue weighted by Crippen LogP contribution is 2.24. The van der Waals surface area contributed by atoms with Gasteiger partial charge in [0.05, 0.1) is 6.04 Å². The monoisotopic (exact) mass is 344 g/mol. The van der Waals surface area contributed by atoms with Crippen molar-refractivity contribution >= 4 is 21.6 Å². The first-order chi connectivity index (χ1) is 9.51. The molecule has 20 heavy (non-hydrogen) atoms. The number of halogens is 4. The molecule has 0 aliphatic carbocycles. The molecular weight excluding hydrogens is 333 g/mol. The van der Waals surface area contributed by atoms with Crippen LogP contribution < -0.4 is 11.1 Å². The Morgan fingerprint density at radius 1 is 1.00 bits per heavy atom. The van der Waals surface area contributed by atoms with E-state index < -0.39 is 23.5 Å². The Morgan fingerprint density at radius 3 is 2.20 bits per heavy atom. The summed E-state index contributed by atoms with van der Waals surface area (Å²) in [6.07, 6.45) is 0. The van der Waals surface area contributed by atoms with Gasteiger partial charge in [-0.2, -0.15) is 0 Å². The SMILES string of the molecule is NCC(Nc1ccc(Br)cc1)c1cc(F)c(F)cc1F. The molecule has 0 aromatic heterocycles. The van der Waals surface area contributed by atoms with Crippen LogP contribution in [0.2, 0.25) is 0 Å². The standard InChI is InChI=1S/C14H12BrF3N2/c15-8-1-3-9(4-2-8)20-14(7-19)10-5-12(17)13(18)6-11(10)16/h1-6,14,20H,7,19H2. The van der Waals surface area contributed by atoms with Gasteiger partial charge in [0.1, 0.15) is 5.82 Å². The fraction of sp³-hybridized carbons (Fsp3) is 0.143. The number of hydrogen-bond donors (Lipinski definition) is 2. The van der Waals surface area contributed by atoms with Crippen LogP contribution in [-0.2, 0) is 0 Å². The molecule has 0 aliphatic heterocycles. The second-order valence-corrected chi connectivity index (χ2v) is 5.14. The van der Waals surface area contributed by atoms with E-state index in [2.05, 4.69) is 21.2 Å². The predicted octanol–water partition coefficient (Wildman–Crippen LogP) is 3.98. The minimum absolute atomic E-state index is 0.00526. The molecule has 0 spiro atoms. The van der Waals surface area contributed by atoms with Crippen molar-refractivity contribution in [1.82, 2.24) is 0 Å². The molecule has 0 saturated carbocycles. The fourth-order valence-corrected chi connectivity index (χ4v) is 2.08. The molecule has 3 N–H and O–H groups in total. The Kier molecular flexibility index (Phi) is 4.67. The molecule has 106 valence electrons. The molecule has 0 saturated heterocycles. The van der Waals surface area contributed by atoms with Gasteiger partial charge in [0.15, 0.2) is 11.6 Å². The molecule has 2 rings (SSSR count). The lowest BCUT2D eigenvalue weighted by Crippen LogP contribution is -2.22. The van der Waals surface area contributed by atoms with Gasteiger partial charge in [-0.1, -0.05) is 15.9 Å². The van der Waals surface area contributed by atoms with Crippen molar-refractivity contribution < 1.29 is 13.2 Å². The van der Waals surface area contributed by atoms with Crippen LogP contribution in [0.4, 0.5) is 18.9 Å². The number of rotatable bonds is 4. The third-order valence-electron chi connectivity index (χ3n) is 2.84. The van der Waals surface area contributed by atoms with E-state index in [0.29, 0.717) is 11.8 Å². The molecule has 1 unspecified atom stereocenters. The molecule has 2 nitrogen and oxygen atoms in total. The van der Waals surface area contributed by atoms with Crippen LogP contribution in [0.25, 0.3) is 0 Å². The molecule has 0 fully saturated rings. The van der Waals surface area contributed by atoms with Crippen molar-refractivity contribution in [3.63, 3.8) is 0 Å². The lowest BCUT2D eigenvalue weighted by molar-refractivity contribution is 0.486. The highest BCUT2D eigenvalue weighted by Gasteiger charge is 2.17. The van der Waals surface area contributed by atoms with E-state index in [4.69, 9.17) is 5.73 Å². The van der Waals surface area contributed by atoms with E-state index in [1.807, 2.05) is 0 Å². The van der Waals surface area contributed by atoms with E-state index in [0.717, 1.165) is 10.5 Å². The summed E-state index contributed by atoms with van der Waals surface area (Å²) in [4.78, 5) is 0. The average molecular weight is 345 g/mol. The van der Waals surface area contributed by atoms with Gasteiger partial charge in [0.25, 0.3) is 0 Å². The van der Waals surface area contributed by atoms with Crippen LogP contribution in [0.5, 0.6) is 0 Å². The van der Waals surface area contributed by atoms with Crippen molar-refractivity contribution in [3.05, 3.63) is 63.9 Å². The zero-order valence-electron chi connectivity index (χ0n) is 10.3. The molecule has 0 amide bonds. The highest BCUT2D eigenvalue weighted by molar-refractivity contribution is 9.10. The van der Waals surface area contributed by atoms with Crippen LogP contribution in [0.1, 0.15) is 11.6 Å². The van der Waals surface area contributed by atoms with Gasteiger partial charge in [-0.25, -0.2) is 13.2 Å². The molecule has 0 heterocycles. The number of anilines is 1. The Morgan fingerprint density at radius 2 is 1.60 bits per heavy atom. The van der Waals surface area contributed by atoms with Crippen LogP contribution in [0.3, 0.4) is 0 Å². The van der Waals surface area contributed by atoms with Crippen LogP contribution in [0, 0.1) is 17.5 Å². The van der Waals surface area contributed by atoms with Crippen molar-refractivity contribution in [1.29, 1.82) is 0 Å². The zero-order chi connectivity index (χ0) is 14.7. The summed E-state index contributed by atoms with van der Waals surface area (Å²) in [6.45, 7) is 0.0397. The van der Waals surface area contributed by atoms with Gasteiger partial charge < -0.3 is 11.1 Å². The summed E-state index contributed by atoms with van der Waals surface area (Å²) >= 11 is 3.30. The Balaban J connectivity index is 2.28. The van der Waals surface area contributed by atoms with Gasteiger partial charge in [-0.05, 0) is 30.3 Å².